The van der Waals surface area contributed by atoms with Crippen LogP contribution in [-0.2, 0) is 17.1 Å². The van der Waals surface area contributed by atoms with Gasteiger partial charge in [0.1, 0.15) is 0 Å². The highest BCUT2D eigenvalue weighted by Gasteiger charge is 2.39. The number of hydrogen-bond acceptors (Lipinski definition) is 4. The molecule has 0 atom stereocenters. The molecule has 2 heterocycles. The van der Waals surface area contributed by atoms with Crippen molar-refractivity contribution in [3.63, 3.8) is 0 Å². The van der Waals surface area contributed by atoms with Crippen LogP contribution in [0.25, 0.3) is 0 Å². The highest BCUT2D eigenvalue weighted by molar-refractivity contribution is 5.99. The third-order valence-electron chi connectivity index (χ3n) is 5.01. The van der Waals surface area contributed by atoms with Gasteiger partial charge in [-0.2, -0.15) is 26.3 Å². The van der Waals surface area contributed by atoms with Gasteiger partial charge in [-0.1, -0.05) is 0 Å². The van der Waals surface area contributed by atoms with Crippen molar-refractivity contribution in [1.82, 2.24) is 4.90 Å². The van der Waals surface area contributed by atoms with Gasteiger partial charge < -0.3 is 19.7 Å². The van der Waals surface area contributed by atoms with Crippen LogP contribution < -0.4 is 14.8 Å². The molecule has 12 heteroatoms. The van der Waals surface area contributed by atoms with Crippen LogP contribution >= 0.6 is 0 Å². The lowest BCUT2D eigenvalue weighted by molar-refractivity contribution is -0.143. The normalized spacial score (nSPS) is 16.0. The van der Waals surface area contributed by atoms with Gasteiger partial charge in [0.25, 0.3) is 5.91 Å². The molecule has 170 valence electrons. The SMILES string of the molecule is O=C(Nc1cc(C(F)(F)F)cc(C(F)(F)F)c1)C1CN(C(=O)c2ccc3c(c2)OCO3)C1. The fraction of sp³-hybridized carbons (Fsp3) is 0.300. The van der Waals surface area contributed by atoms with E-state index in [9.17, 15) is 35.9 Å². The van der Waals surface area contributed by atoms with Crippen LogP contribution in [0.2, 0.25) is 0 Å². The van der Waals surface area contributed by atoms with E-state index in [1.54, 1.807) is 6.07 Å². The van der Waals surface area contributed by atoms with Gasteiger partial charge in [-0.05, 0) is 36.4 Å². The van der Waals surface area contributed by atoms with E-state index in [1.807, 2.05) is 0 Å². The summed E-state index contributed by atoms with van der Waals surface area (Å²) >= 11 is 0. The molecule has 0 saturated carbocycles. The van der Waals surface area contributed by atoms with Crippen LogP contribution in [0.4, 0.5) is 32.0 Å². The molecule has 6 nitrogen and oxygen atoms in total. The van der Waals surface area contributed by atoms with Gasteiger partial charge in [-0.15, -0.1) is 0 Å². The summed E-state index contributed by atoms with van der Waals surface area (Å²) in [5.41, 5.74) is -3.40. The number of hydrogen-bond donors (Lipinski definition) is 1. The van der Waals surface area contributed by atoms with Crippen LogP contribution in [0.1, 0.15) is 21.5 Å². The van der Waals surface area contributed by atoms with E-state index in [4.69, 9.17) is 9.47 Å². The summed E-state index contributed by atoms with van der Waals surface area (Å²) in [5, 5.41) is 2.09. The second-order valence-corrected chi connectivity index (χ2v) is 7.26. The summed E-state index contributed by atoms with van der Waals surface area (Å²) in [6.45, 7) is -0.0427. The summed E-state index contributed by atoms with van der Waals surface area (Å²) in [6, 6.07) is 5.41. The van der Waals surface area contributed by atoms with E-state index in [2.05, 4.69) is 5.32 Å². The molecule has 2 aromatic carbocycles. The second kappa shape index (κ2) is 7.61. The number of likely N-dealkylation sites (tertiary alicyclic amines) is 1. The van der Waals surface area contributed by atoms with Gasteiger partial charge in [0.15, 0.2) is 11.5 Å². The quantitative estimate of drug-likeness (QED) is 0.699. The number of rotatable bonds is 3. The number of anilines is 1. The van der Waals surface area contributed by atoms with Crippen molar-refractivity contribution in [3.05, 3.63) is 53.1 Å². The monoisotopic (exact) mass is 460 g/mol. The average molecular weight is 460 g/mol. The number of benzene rings is 2. The Kier molecular flexibility index (Phi) is 5.18. The molecule has 2 aromatic rings. The molecule has 32 heavy (non-hydrogen) atoms. The van der Waals surface area contributed by atoms with Gasteiger partial charge in [-0.3, -0.25) is 9.59 Å². The van der Waals surface area contributed by atoms with Crippen molar-refractivity contribution in [3.8, 4) is 11.5 Å². The van der Waals surface area contributed by atoms with Crippen molar-refractivity contribution in [1.29, 1.82) is 0 Å². The van der Waals surface area contributed by atoms with Crippen molar-refractivity contribution in [2.75, 3.05) is 25.2 Å². The van der Waals surface area contributed by atoms with Crippen molar-refractivity contribution in [2.24, 2.45) is 5.92 Å². The molecule has 2 aliphatic rings. The highest BCUT2D eigenvalue weighted by atomic mass is 19.4. The third-order valence-corrected chi connectivity index (χ3v) is 5.01. The molecule has 0 bridgehead atoms. The molecule has 0 radical (unpaired) electrons. The van der Waals surface area contributed by atoms with Gasteiger partial charge in [-0.25, -0.2) is 0 Å². The fourth-order valence-corrected chi connectivity index (χ4v) is 3.29. The average Bonchev–Trinajstić information content (AvgIpc) is 3.12. The molecule has 0 unspecified atom stereocenters. The van der Waals surface area contributed by atoms with Gasteiger partial charge in [0.05, 0.1) is 17.0 Å². The molecule has 0 aromatic heterocycles. The minimum atomic E-state index is -5.02. The number of nitrogens with one attached hydrogen (secondary N) is 1. The molecule has 0 aliphatic carbocycles. The molecular weight excluding hydrogens is 446 g/mol. The zero-order valence-electron chi connectivity index (χ0n) is 16.0. The highest BCUT2D eigenvalue weighted by Crippen LogP contribution is 2.38. The van der Waals surface area contributed by atoms with Crippen molar-refractivity contribution in [2.45, 2.75) is 12.4 Å². The zero-order chi connectivity index (χ0) is 23.3. The van der Waals surface area contributed by atoms with Crippen LogP contribution in [0.15, 0.2) is 36.4 Å². The minimum Gasteiger partial charge on any atom is -0.454 e. The van der Waals surface area contributed by atoms with Crippen LogP contribution in [-0.4, -0.2) is 36.6 Å². The minimum absolute atomic E-state index is 0.0230. The van der Waals surface area contributed by atoms with Crippen LogP contribution in [0.3, 0.4) is 0 Å². The Morgan fingerprint density at radius 1 is 0.875 bits per heavy atom. The molecular formula is C20H14F6N2O4. The molecule has 0 spiro atoms. The number of nitrogens with zero attached hydrogens (tertiary/aromatic N) is 1. The Morgan fingerprint density at radius 3 is 2.06 bits per heavy atom. The molecule has 1 saturated heterocycles. The fourth-order valence-electron chi connectivity index (χ4n) is 3.29. The van der Waals surface area contributed by atoms with E-state index in [1.165, 1.54) is 17.0 Å². The van der Waals surface area contributed by atoms with Crippen molar-refractivity contribution >= 4 is 17.5 Å². The summed E-state index contributed by atoms with van der Waals surface area (Å²) in [5.74, 6) is -1.08. The number of ether oxygens (including phenoxy) is 2. The van der Waals surface area contributed by atoms with E-state index in [-0.39, 0.29) is 25.9 Å². The van der Waals surface area contributed by atoms with Crippen LogP contribution in [0.5, 0.6) is 11.5 Å². The van der Waals surface area contributed by atoms with E-state index >= 15 is 0 Å². The zero-order valence-corrected chi connectivity index (χ0v) is 16.0. The van der Waals surface area contributed by atoms with Gasteiger partial charge in [0.2, 0.25) is 12.7 Å². The largest absolute Gasteiger partial charge is 0.454 e. The first kappa shape index (κ1) is 21.8. The lowest BCUT2D eigenvalue weighted by Crippen LogP contribution is -2.54. The Balaban J connectivity index is 1.42. The first-order valence-corrected chi connectivity index (χ1v) is 9.21. The summed E-state index contributed by atoms with van der Waals surface area (Å²) < 4.78 is 88.1. The summed E-state index contributed by atoms with van der Waals surface area (Å²) in [6.07, 6.45) is -10.0. The van der Waals surface area contributed by atoms with Gasteiger partial charge in [0, 0.05) is 24.3 Å². The molecule has 1 N–H and O–H groups in total. The maximum absolute atomic E-state index is 13.0. The lowest BCUT2D eigenvalue weighted by atomic mass is 9.97. The molecule has 4 rings (SSSR count). The maximum Gasteiger partial charge on any atom is 0.416 e. The number of halogens is 6. The van der Waals surface area contributed by atoms with E-state index in [0.29, 0.717) is 29.2 Å². The summed E-state index contributed by atoms with van der Waals surface area (Å²) in [7, 11) is 0. The standard InChI is InChI=1S/C20H14F6N2O4/c21-19(22,23)12-4-13(20(24,25)26)6-14(5-12)27-17(29)11-7-28(8-11)18(30)10-1-2-15-16(3-10)32-9-31-15/h1-6,11H,7-9H2,(H,27,29). The number of amides is 2. The molecule has 2 aliphatic heterocycles. The Bertz CT molecular complexity index is 1040. The first-order valence-electron chi connectivity index (χ1n) is 9.21. The lowest BCUT2D eigenvalue weighted by Gasteiger charge is -2.38. The smallest absolute Gasteiger partial charge is 0.416 e. The van der Waals surface area contributed by atoms with Crippen LogP contribution in [0, 0.1) is 5.92 Å². The molecule has 2 amide bonds. The van der Waals surface area contributed by atoms with E-state index in [0.717, 1.165) is 0 Å². The maximum atomic E-state index is 13.0. The van der Waals surface area contributed by atoms with E-state index < -0.39 is 46.9 Å². The number of alkyl halides is 6. The Morgan fingerprint density at radius 2 is 1.47 bits per heavy atom. The summed E-state index contributed by atoms with van der Waals surface area (Å²) in [4.78, 5) is 26.2. The van der Waals surface area contributed by atoms with Crippen molar-refractivity contribution < 1.29 is 45.4 Å². The number of carbonyl (C=O) groups excluding carboxylic acids is 2. The number of carbonyl (C=O) groups is 2. The Labute approximate surface area is 176 Å². The van der Waals surface area contributed by atoms with Gasteiger partial charge >= 0.3 is 12.4 Å². The second-order valence-electron chi connectivity index (χ2n) is 7.26. The third kappa shape index (κ3) is 4.30. The topological polar surface area (TPSA) is 67.9 Å². The Hall–Kier alpha value is -3.44. The predicted molar refractivity (Wildman–Crippen MR) is 97.0 cm³/mol. The first-order chi connectivity index (χ1) is 14.9. The predicted octanol–water partition coefficient (Wildman–Crippen LogP) is 4.16. The number of fused-ring (bicyclic) bond motifs is 1. The molecule has 1 fully saturated rings.